The molecule has 2 N–H and O–H groups in total. The summed E-state index contributed by atoms with van der Waals surface area (Å²) in [5.41, 5.74) is 2.50. The van der Waals surface area contributed by atoms with Gasteiger partial charge in [0, 0.05) is 5.69 Å². The van der Waals surface area contributed by atoms with E-state index in [2.05, 4.69) is 10.0 Å². The fourth-order valence-corrected chi connectivity index (χ4v) is 4.10. The van der Waals surface area contributed by atoms with E-state index >= 15 is 0 Å². The predicted molar refractivity (Wildman–Crippen MR) is 112 cm³/mol. The van der Waals surface area contributed by atoms with Gasteiger partial charge in [-0.3, -0.25) is 13.8 Å². The van der Waals surface area contributed by atoms with Crippen molar-refractivity contribution in [1.82, 2.24) is 0 Å². The summed E-state index contributed by atoms with van der Waals surface area (Å²) in [4.78, 5) is 12.5. The Bertz CT molecular complexity index is 1100. The molecule has 0 aliphatic heterocycles. The van der Waals surface area contributed by atoms with Gasteiger partial charge in [0.2, 0.25) is 26.0 Å². The molecule has 152 valence electrons. The van der Waals surface area contributed by atoms with Gasteiger partial charge >= 0.3 is 0 Å². The fourth-order valence-electron chi connectivity index (χ4n) is 2.56. The van der Waals surface area contributed by atoms with Crippen LogP contribution >= 0.6 is 0 Å². The molecular formula is C18H23N3O5S2. The summed E-state index contributed by atoms with van der Waals surface area (Å²) in [5, 5.41) is 2.61. The van der Waals surface area contributed by atoms with Crippen molar-refractivity contribution in [3.63, 3.8) is 0 Å². The number of nitrogens with one attached hydrogen (secondary N) is 2. The summed E-state index contributed by atoms with van der Waals surface area (Å²) in [5.74, 6) is -0.553. The molecule has 0 saturated heterocycles. The number of nitrogens with zero attached hydrogens (tertiary/aromatic N) is 1. The molecule has 28 heavy (non-hydrogen) atoms. The predicted octanol–water partition coefficient (Wildman–Crippen LogP) is 2.08. The largest absolute Gasteiger partial charge is 0.324 e. The molecule has 10 heteroatoms. The Balaban J connectivity index is 2.24. The van der Waals surface area contributed by atoms with Gasteiger partial charge < -0.3 is 5.32 Å². The standard InChI is InChI=1S/C18H23N3O5S2/c1-13-9-10-15(11-16(13)20-27(3,23)24)19-18(22)12-21(28(4,25)26)17-8-6-5-7-14(17)2/h5-11,20H,12H2,1-4H3,(H,19,22). The molecule has 0 heterocycles. The van der Waals surface area contributed by atoms with E-state index in [0.717, 1.165) is 22.4 Å². The molecule has 0 spiro atoms. The smallest absolute Gasteiger partial charge is 0.245 e. The molecular weight excluding hydrogens is 402 g/mol. The Hall–Kier alpha value is -2.59. The van der Waals surface area contributed by atoms with E-state index in [1.807, 2.05) is 0 Å². The van der Waals surface area contributed by atoms with Crippen molar-refractivity contribution in [2.45, 2.75) is 13.8 Å². The number of hydrogen-bond donors (Lipinski definition) is 2. The Morgan fingerprint density at radius 3 is 2.18 bits per heavy atom. The minimum absolute atomic E-state index is 0.333. The van der Waals surface area contributed by atoms with E-state index in [1.165, 1.54) is 6.07 Å². The van der Waals surface area contributed by atoms with Gasteiger partial charge in [0.05, 0.1) is 23.9 Å². The van der Waals surface area contributed by atoms with Crippen molar-refractivity contribution >= 4 is 43.0 Å². The molecule has 0 radical (unpaired) electrons. The zero-order valence-corrected chi connectivity index (χ0v) is 17.7. The van der Waals surface area contributed by atoms with E-state index in [-0.39, 0.29) is 0 Å². The second-order valence-corrected chi connectivity index (χ2v) is 10.2. The maximum atomic E-state index is 12.5. The third kappa shape index (κ3) is 5.96. The van der Waals surface area contributed by atoms with E-state index in [1.54, 1.807) is 50.2 Å². The van der Waals surface area contributed by atoms with Gasteiger partial charge in [-0.2, -0.15) is 0 Å². The van der Waals surface area contributed by atoms with Gasteiger partial charge in [-0.1, -0.05) is 24.3 Å². The number of anilines is 3. The zero-order chi connectivity index (χ0) is 21.1. The molecule has 0 fully saturated rings. The summed E-state index contributed by atoms with van der Waals surface area (Å²) >= 11 is 0. The maximum Gasteiger partial charge on any atom is 0.245 e. The number of aryl methyl sites for hydroxylation is 2. The number of amides is 1. The molecule has 0 atom stereocenters. The summed E-state index contributed by atoms with van der Waals surface area (Å²) < 4.78 is 50.7. The van der Waals surface area contributed by atoms with Crippen LogP contribution in [0.3, 0.4) is 0 Å². The van der Waals surface area contributed by atoms with Crippen LogP contribution in [0.2, 0.25) is 0 Å². The van der Waals surface area contributed by atoms with E-state index in [9.17, 15) is 21.6 Å². The van der Waals surface area contributed by atoms with Crippen LogP contribution in [-0.4, -0.2) is 41.8 Å². The van der Waals surface area contributed by atoms with Gasteiger partial charge in [0.25, 0.3) is 0 Å². The number of sulfonamides is 2. The van der Waals surface area contributed by atoms with Crippen molar-refractivity contribution in [3.05, 3.63) is 53.6 Å². The average Bonchev–Trinajstić information content (AvgIpc) is 2.54. The van der Waals surface area contributed by atoms with Crippen LogP contribution in [0.25, 0.3) is 0 Å². The Morgan fingerprint density at radius 1 is 0.964 bits per heavy atom. The van der Waals surface area contributed by atoms with E-state index in [4.69, 9.17) is 0 Å². The van der Waals surface area contributed by atoms with Crippen LogP contribution in [0, 0.1) is 13.8 Å². The molecule has 0 bridgehead atoms. The van der Waals surface area contributed by atoms with E-state index < -0.39 is 32.5 Å². The van der Waals surface area contributed by atoms with Crippen LogP contribution in [0.15, 0.2) is 42.5 Å². The number of carbonyl (C=O) groups excluding carboxylic acids is 1. The number of para-hydroxylation sites is 1. The molecule has 2 aromatic carbocycles. The lowest BCUT2D eigenvalue weighted by Gasteiger charge is -2.23. The molecule has 1 amide bonds. The molecule has 0 aliphatic carbocycles. The fraction of sp³-hybridized carbons (Fsp3) is 0.278. The first kappa shape index (κ1) is 21.7. The summed E-state index contributed by atoms with van der Waals surface area (Å²) in [7, 11) is -7.16. The third-order valence-corrected chi connectivity index (χ3v) is 5.61. The third-order valence-electron chi connectivity index (χ3n) is 3.89. The second kappa shape index (κ2) is 8.19. The van der Waals surface area contributed by atoms with E-state index in [0.29, 0.717) is 22.6 Å². The first-order valence-electron chi connectivity index (χ1n) is 8.28. The normalized spacial score (nSPS) is 11.7. The van der Waals surface area contributed by atoms with Gasteiger partial charge in [0.1, 0.15) is 6.54 Å². The highest BCUT2D eigenvalue weighted by atomic mass is 32.2. The highest BCUT2D eigenvalue weighted by molar-refractivity contribution is 7.92. The number of carbonyl (C=O) groups is 1. The summed E-state index contributed by atoms with van der Waals surface area (Å²) in [6.45, 7) is 3.07. The van der Waals surface area contributed by atoms with Crippen molar-refractivity contribution in [3.8, 4) is 0 Å². The first-order valence-corrected chi connectivity index (χ1v) is 12.0. The lowest BCUT2D eigenvalue weighted by Crippen LogP contribution is -2.37. The minimum atomic E-state index is -3.69. The Kier molecular flexibility index (Phi) is 6.35. The second-order valence-electron chi connectivity index (χ2n) is 6.51. The lowest BCUT2D eigenvalue weighted by molar-refractivity contribution is -0.114. The highest BCUT2D eigenvalue weighted by Crippen LogP contribution is 2.23. The van der Waals surface area contributed by atoms with Gasteiger partial charge in [-0.25, -0.2) is 16.8 Å². The van der Waals surface area contributed by atoms with Crippen LogP contribution in [0.4, 0.5) is 17.1 Å². The van der Waals surface area contributed by atoms with Gasteiger partial charge in [-0.05, 0) is 43.2 Å². The SMILES string of the molecule is Cc1ccc(NC(=O)CN(c2ccccc2C)S(C)(=O)=O)cc1NS(C)(=O)=O. The molecule has 0 saturated carbocycles. The molecule has 2 aromatic rings. The van der Waals surface area contributed by atoms with Crippen molar-refractivity contribution in [1.29, 1.82) is 0 Å². The van der Waals surface area contributed by atoms with Crippen LogP contribution in [0.1, 0.15) is 11.1 Å². The van der Waals surface area contributed by atoms with Crippen LogP contribution in [-0.2, 0) is 24.8 Å². The number of rotatable bonds is 7. The monoisotopic (exact) mass is 425 g/mol. The highest BCUT2D eigenvalue weighted by Gasteiger charge is 2.22. The number of benzene rings is 2. The summed E-state index contributed by atoms with van der Waals surface area (Å²) in [6, 6.07) is 11.6. The topological polar surface area (TPSA) is 113 Å². The quantitative estimate of drug-likeness (QED) is 0.705. The Labute approximate surface area is 165 Å². The zero-order valence-electron chi connectivity index (χ0n) is 16.1. The molecule has 0 aliphatic rings. The Morgan fingerprint density at radius 2 is 1.61 bits per heavy atom. The molecule has 0 unspecified atom stereocenters. The first-order chi connectivity index (χ1) is 12.9. The van der Waals surface area contributed by atoms with Crippen LogP contribution in [0.5, 0.6) is 0 Å². The van der Waals surface area contributed by atoms with Crippen molar-refractivity contribution in [2.75, 3.05) is 33.4 Å². The minimum Gasteiger partial charge on any atom is -0.324 e. The lowest BCUT2D eigenvalue weighted by atomic mass is 10.2. The maximum absolute atomic E-state index is 12.5. The summed E-state index contributed by atoms with van der Waals surface area (Å²) in [6.07, 6.45) is 2.07. The average molecular weight is 426 g/mol. The van der Waals surface area contributed by atoms with Gasteiger partial charge in [0.15, 0.2) is 0 Å². The van der Waals surface area contributed by atoms with Gasteiger partial charge in [-0.15, -0.1) is 0 Å². The van der Waals surface area contributed by atoms with Crippen molar-refractivity contribution < 1.29 is 21.6 Å². The van der Waals surface area contributed by atoms with Crippen molar-refractivity contribution in [2.24, 2.45) is 0 Å². The molecule has 2 rings (SSSR count). The molecule has 8 nitrogen and oxygen atoms in total. The van der Waals surface area contributed by atoms with Crippen LogP contribution < -0.4 is 14.3 Å². The molecule has 0 aromatic heterocycles. The number of hydrogen-bond acceptors (Lipinski definition) is 5.